The van der Waals surface area contributed by atoms with Gasteiger partial charge < -0.3 is 4.74 Å². The van der Waals surface area contributed by atoms with Crippen molar-refractivity contribution in [2.45, 2.75) is 13.3 Å². The predicted octanol–water partition coefficient (Wildman–Crippen LogP) is 0.139. The van der Waals surface area contributed by atoms with Crippen LogP contribution >= 0.6 is 0 Å². The van der Waals surface area contributed by atoms with E-state index in [1.807, 2.05) is 0 Å². The molecule has 3 nitrogen and oxygen atoms in total. The van der Waals surface area contributed by atoms with E-state index in [-0.39, 0.29) is 11.8 Å². The second-order valence-corrected chi connectivity index (χ2v) is 2.12. The minimum absolute atomic E-state index is 0.0856. The zero-order chi connectivity index (χ0) is 6.85. The Hall–Kier alpha value is -0.860. The summed E-state index contributed by atoms with van der Waals surface area (Å²) >= 11 is 0. The molecule has 9 heavy (non-hydrogen) atoms. The summed E-state index contributed by atoms with van der Waals surface area (Å²) in [5, 5.41) is 0. The summed E-state index contributed by atoms with van der Waals surface area (Å²) in [6.45, 7) is 1.82. The van der Waals surface area contributed by atoms with Crippen LogP contribution in [-0.2, 0) is 14.3 Å². The van der Waals surface area contributed by atoms with E-state index >= 15 is 0 Å². The normalized spacial score (nSPS) is 25.9. The minimum Gasteiger partial charge on any atom is -0.465 e. The number of hydrogen-bond donors (Lipinski definition) is 0. The zero-order valence-corrected chi connectivity index (χ0v) is 5.22. The number of ether oxygens (including phenoxy) is 1. The van der Waals surface area contributed by atoms with Crippen LogP contribution in [0.4, 0.5) is 0 Å². The number of ketones is 1. The smallest absolute Gasteiger partial charge is 0.316 e. The van der Waals surface area contributed by atoms with E-state index in [1.165, 1.54) is 6.92 Å². The Morgan fingerprint density at radius 2 is 2.44 bits per heavy atom. The number of cyclic esters (lactones) is 1. The molecule has 1 aliphatic rings. The van der Waals surface area contributed by atoms with Crippen molar-refractivity contribution in [3.05, 3.63) is 0 Å². The Balaban J connectivity index is 2.60. The van der Waals surface area contributed by atoms with Crippen molar-refractivity contribution >= 4 is 11.8 Å². The van der Waals surface area contributed by atoms with E-state index < -0.39 is 5.92 Å². The van der Waals surface area contributed by atoms with Crippen molar-refractivity contribution in [3.8, 4) is 0 Å². The van der Waals surface area contributed by atoms with Gasteiger partial charge in [0.1, 0.15) is 11.7 Å². The second-order valence-electron chi connectivity index (χ2n) is 2.12. The predicted molar refractivity (Wildman–Crippen MR) is 29.7 cm³/mol. The molecule has 50 valence electrons. The average Bonchev–Trinajstić information content (AvgIpc) is 2.13. The first-order valence-corrected chi connectivity index (χ1v) is 2.89. The van der Waals surface area contributed by atoms with Gasteiger partial charge in [0.05, 0.1) is 6.61 Å². The summed E-state index contributed by atoms with van der Waals surface area (Å²) < 4.78 is 4.57. The Morgan fingerprint density at radius 1 is 1.78 bits per heavy atom. The van der Waals surface area contributed by atoms with Crippen LogP contribution < -0.4 is 0 Å². The fourth-order valence-electron chi connectivity index (χ4n) is 0.865. The molecule has 3 heteroatoms. The number of hydrogen-bond acceptors (Lipinski definition) is 3. The van der Waals surface area contributed by atoms with Crippen LogP contribution in [-0.4, -0.2) is 18.4 Å². The van der Waals surface area contributed by atoms with Gasteiger partial charge in [-0.05, 0) is 6.92 Å². The van der Waals surface area contributed by atoms with Crippen LogP contribution in [0.5, 0.6) is 0 Å². The Labute approximate surface area is 53.0 Å². The number of Topliss-reactive ketones (excluding diaryl/α,β-unsaturated/α-hetero) is 1. The maximum absolute atomic E-state index is 10.6. The lowest BCUT2D eigenvalue weighted by Gasteiger charge is -1.95. The average molecular weight is 128 g/mol. The van der Waals surface area contributed by atoms with Crippen LogP contribution in [0.15, 0.2) is 0 Å². The lowest BCUT2D eigenvalue weighted by molar-refractivity contribution is -0.144. The highest BCUT2D eigenvalue weighted by Crippen LogP contribution is 2.14. The molecule has 0 aliphatic carbocycles. The summed E-state index contributed by atoms with van der Waals surface area (Å²) in [4.78, 5) is 21.1. The molecule has 0 amide bonds. The topological polar surface area (TPSA) is 43.4 Å². The zero-order valence-electron chi connectivity index (χ0n) is 5.22. The van der Waals surface area contributed by atoms with Crippen molar-refractivity contribution in [2.75, 3.05) is 6.61 Å². The number of esters is 1. The Morgan fingerprint density at radius 3 is 2.67 bits per heavy atom. The lowest BCUT2D eigenvalue weighted by atomic mass is 10.1. The van der Waals surface area contributed by atoms with Gasteiger partial charge in [-0.2, -0.15) is 0 Å². The van der Waals surface area contributed by atoms with Crippen molar-refractivity contribution in [2.24, 2.45) is 5.92 Å². The fraction of sp³-hybridized carbons (Fsp3) is 0.667. The molecule has 1 atom stereocenters. The molecule has 1 aliphatic heterocycles. The van der Waals surface area contributed by atoms with E-state index in [1.54, 1.807) is 0 Å². The molecular formula is C6H8O3. The van der Waals surface area contributed by atoms with Gasteiger partial charge >= 0.3 is 5.97 Å². The van der Waals surface area contributed by atoms with E-state index in [4.69, 9.17) is 0 Å². The van der Waals surface area contributed by atoms with E-state index in [0.29, 0.717) is 13.0 Å². The summed E-state index contributed by atoms with van der Waals surface area (Å²) in [5.74, 6) is -0.912. The third-order valence-corrected chi connectivity index (χ3v) is 1.43. The minimum atomic E-state index is -0.468. The highest BCUT2D eigenvalue weighted by Gasteiger charge is 2.29. The number of rotatable bonds is 1. The van der Waals surface area contributed by atoms with Gasteiger partial charge in [-0.1, -0.05) is 0 Å². The summed E-state index contributed by atoms with van der Waals surface area (Å²) in [6.07, 6.45) is 0.564. The van der Waals surface area contributed by atoms with Crippen molar-refractivity contribution < 1.29 is 14.3 Å². The molecular weight excluding hydrogens is 120 g/mol. The maximum Gasteiger partial charge on any atom is 0.316 e. The first-order chi connectivity index (χ1) is 4.22. The molecule has 1 rings (SSSR count). The third-order valence-electron chi connectivity index (χ3n) is 1.43. The second kappa shape index (κ2) is 2.17. The standard InChI is InChI=1S/C6H8O3/c1-4(7)5-2-3-9-6(5)8/h5H,2-3H2,1H3/t5-/m1/s1. The van der Waals surface area contributed by atoms with Crippen LogP contribution in [0.1, 0.15) is 13.3 Å². The Bertz CT molecular complexity index is 150. The van der Waals surface area contributed by atoms with Gasteiger partial charge in [0, 0.05) is 6.42 Å². The molecule has 1 saturated heterocycles. The Kier molecular flexibility index (Phi) is 1.51. The molecule has 0 unspecified atom stereocenters. The molecule has 1 fully saturated rings. The van der Waals surface area contributed by atoms with Gasteiger partial charge in [0.2, 0.25) is 0 Å². The molecule has 0 aromatic rings. The number of carbonyl (C=O) groups excluding carboxylic acids is 2. The fourth-order valence-corrected chi connectivity index (χ4v) is 0.865. The van der Waals surface area contributed by atoms with Gasteiger partial charge in [-0.25, -0.2) is 0 Å². The summed E-state index contributed by atoms with van der Waals surface area (Å²) in [7, 11) is 0. The summed E-state index contributed by atoms with van der Waals surface area (Å²) in [6, 6.07) is 0. The van der Waals surface area contributed by atoms with Crippen LogP contribution in [0, 0.1) is 5.92 Å². The molecule has 0 aromatic heterocycles. The monoisotopic (exact) mass is 128 g/mol. The summed E-state index contributed by atoms with van der Waals surface area (Å²) in [5.41, 5.74) is 0. The van der Waals surface area contributed by atoms with Crippen LogP contribution in [0.25, 0.3) is 0 Å². The highest BCUT2D eigenvalue weighted by atomic mass is 16.5. The third kappa shape index (κ3) is 1.09. The van der Waals surface area contributed by atoms with Crippen molar-refractivity contribution in [1.82, 2.24) is 0 Å². The first-order valence-electron chi connectivity index (χ1n) is 2.89. The van der Waals surface area contributed by atoms with Gasteiger partial charge in [-0.15, -0.1) is 0 Å². The molecule has 0 aromatic carbocycles. The first kappa shape index (κ1) is 6.26. The van der Waals surface area contributed by atoms with E-state index in [2.05, 4.69) is 4.74 Å². The molecule has 0 saturated carbocycles. The molecule has 0 bridgehead atoms. The number of carbonyl (C=O) groups is 2. The quantitative estimate of drug-likeness (QED) is 0.372. The SMILES string of the molecule is CC(=O)[C@H]1CCOC1=O. The van der Waals surface area contributed by atoms with Gasteiger partial charge in [-0.3, -0.25) is 9.59 Å². The maximum atomic E-state index is 10.6. The lowest BCUT2D eigenvalue weighted by Crippen LogP contribution is -2.15. The van der Waals surface area contributed by atoms with Gasteiger partial charge in [0.25, 0.3) is 0 Å². The molecule has 0 radical (unpaired) electrons. The van der Waals surface area contributed by atoms with Crippen LogP contribution in [0.2, 0.25) is 0 Å². The van der Waals surface area contributed by atoms with Crippen molar-refractivity contribution in [1.29, 1.82) is 0 Å². The van der Waals surface area contributed by atoms with Crippen molar-refractivity contribution in [3.63, 3.8) is 0 Å². The molecule has 0 spiro atoms. The van der Waals surface area contributed by atoms with E-state index in [0.717, 1.165) is 0 Å². The largest absolute Gasteiger partial charge is 0.465 e. The van der Waals surface area contributed by atoms with Crippen LogP contribution in [0.3, 0.4) is 0 Å². The molecule has 0 N–H and O–H groups in total. The molecule has 1 heterocycles. The highest BCUT2D eigenvalue weighted by molar-refractivity contribution is 5.98. The van der Waals surface area contributed by atoms with Gasteiger partial charge in [0.15, 0.2) is 0 Å². The van der Waals surface area contributed by atoms with E-state index in [9.17, 15) is 9.59 Å².